The van der Waals surface area contributed by atoms with Gasteiger partial charge >= 0.3 is 5.97 Å². The molecule has 1 aromatic rings. The number of alkyl halides is 1. The molecule has 0 aromatic carbocycles. The third kappa shape index (κ3) is 3.08. The van der Waals surface area contributed by atoms with Crippen LogP contribution in [-0.2, 0) is 0 Å². The second kappa shape index (κ2) is 5.25. The van der Waals surface area contributed by atoms with E-state index in [4.69, 9.17) is 16.7 Å². The van der Waals surface area contributed by atoms with Crippen LogP contribution in [-0.4, -0.2) is 21.9 Å². The Balaban J connectivity index is 2.85. The van der Waals surface area contributed by atoms with Crippen LogP contribution in [0.3, 0.4) is 0 Å². The Morgan fingerprint density at radius 3 is 3.07 bits per heavy atom. The third-order valence-electron chi connectivity index (χ3n) is 1.43. The van der Waals surface area contributed by atoms with Crippen LogP contribution in [0, 0.1) is 11.8 Å². The Hall–Kier alpha value is -1.53. The van der Waals surface area contributed by atoms with Gasteiger partial charge in [-0.3, -0.25) is 0 Å². The van der Waals surface area contributed by atoms with E-state index >= 15 is 0 Å². The molecule has 0 saturated carbocycles. The van der Waals surface area contributed by atoms with Crippen molar-refractivity contribution in [2.75, 3.05) is 5.88 Å². The molecule has 0 spiro atoms. The Morgan fingerprint density at radius 2 is 2.43 bits per heavy atom. The standard InChI is InChI=1S/C10H8ClNO2/c11-5-2-1-3-8-4-6-12-9(7-8)10(13)14/h4,6-7H,2,5H2,(H,13,14). The lowest BCUT2D eigenvalue weighted by Crippen LogP contribution is -1.99. The average molecular weight is 210 g/mol. The second-order valence-corrected chi connectivity index (χ2v) is 2.85. The number of carboxylic acids is 1. The fourth-order valence-corrected chi connectivity index (χ4v) is 0.932. The lowest BCUT2D eigenvalue weighted by atomic mass is 10.2. The zero-order valence-electron chi connectivity index (χ0n) is 7.33. The number of hydrogen-bond donors (Lipinski definition) is 1. The van der Waals surface area contributed by atoms with Gasteiger partial charge in [0.05, 0.1) is 0 Å². The molecule has 1 heterocycles. The summed E-state index contributed by atoms with van der Waals surface area (Å²) in [4.78, 5) is 14.2. The number of carboxylic acid groups (broad SMARTS) is 1. The molecule has 1 aromatic heterocycles. The SMILES string of the molecule is O=C(O)c1cc(C#CCCCl)ccn1. The zero-order chi connectivity index (χ0) is 10.4. The minimum absolute atomic E-state index is 0.00248. The van der Waals surface area contributed by atoms with Crippen molar-refractivity contribution >= 4 is 17.6 Å². The van der Waals surface area contributed by atoms with Crippen LogP contribution in [0.5, 0.6) is 0 Å². The monoisotopic (exact) mass is 209 g/mol. The van der Waals surface area contributed by atoms with Crippen LogP contribution in [0.1, 0.15) is 22.5 Å². The summed E-state index contributed by atoms with van der Waals surface area (Å²) in [5, 5.41) is 8.65. The van der Waals surface area contributed by atoms with E-state index in [9.17, 15) is 4.79 Å². The van der Waals surface area contributed by atoms with E-state index in [-0.39, 0.29) is 5.69 Å². The van der Waals surface area contributed by atoms with Crippen LogP contribution < -0.4 is 0 Å². The molecule has 0 unspecified atom stereocenters. The van der Waals surface area contributed by atoms with Crippen molar-refractivity contribution in [1.82, 2.24) is 4.98 Å². The highest BCUT2D eigenvalue weighted by Crippen LogP contribution is 2.00. The summed E-state index contributed by atoms with van der Waals surface area (Å²) in [5.74, 6) is 5.04. The molecule has 14 heavy (non-hydrogen) atoms. The molecular formula is C10H8ClNO2. The predicted molar refractivity (Wildman–Crippen MR) is 53.4 cm³/mol. The first-order valence-corrected chi connectivity index (χ1v) is 4.51. The van der Waals surface area contributed by atoms with Crippen LogP contribution in [0.2, 0.25) is 0 Å². The molecule has 4 heteroatoms. The van der Waals surface area contributed by atoms with Gasteiger partial charge in [-0.25, -0.2) is 9.78 Å². The number of pyridine rings is 1. The molecule has 0 bridgehead atoms. The van der Waals surface area contributed by atoms with E-state index in [0.717, 1.165) is 0 Å². The smallest absolute Gasteiger partial charge is 0.354 e. The first-order chi connectivity index (χ1) is 6.74. The highest BCUT2D eigenvalue weighted by atomic mass is 35.5. The van der Waals surface area contributed by atoms with Crippen molar-refractivity contribution in [2.45, 2.75) is 6.42 Å². The quantitative estimate of drug-likeness (QED) is 0.597. The first-order valence-electron chi connectivity index (χ1n) is 3.98. The van der Waals surface area contributed by atoms with Crippen LogP contribution >= 0.6 is 11.6 Å². The lowest BCUT2D eigenvalue weighted by Gasteiger charge is -1.93. The van der Waals surface area contributed by atoms with E-state index in [2.05, 4.69) is 16.8 Å². The van der Waals surface area contributed by atoms with E-state index in [0.29, 0.717) is 17.9 Å². The third-order valence-corrected chi connectivity index (χ3v) is 1.62. The second-order valence-electron chi connectivity index (χ2n) is 2.48. The number of nitrogens with zero attached hydrogens (tertiary/aromatic N) is 1. The van der Waals surface area contributed by atoms with Crippen LogP contribution in [0.4, 0.5) is 0 Å². The van der Waals surface area contributed by atoms with Crippen molar-refractivity contribution in [3.8, 4) is 11.8 Å². The van der Waals surface area contributed by atoms with Gasteiger partial charge in [-0.05, 0) is 12.1 Å². The maximum Gasteiger partial charge on any atom is 0.354 e. The van der Waals surface area contributed by atoms with Gasteiger partial charge in [0.1, 0.15) is 5.69 Å². The van der Waals surface area contributed by atoms with Gasteiger partial charge in [0.2, 0.25) is 0 Å². The maximum absolute atomic E-state index is 10.6. The van der Waals surface area contributed by atoms with Gasteiger partial charge in [0.15, 0.2) is 0 Å². The Bertz CT molecular complexity index is 393. The molecule has 0 aliphatic carbocycles. The Morgan fingerprint density at radius 1 is 1.64 bits per heavy atom. The van der Waals surface area contributed by atoms with E-state index < -0.39 is 5.97 Å². The fraction of sp³-hybridized carbons (Fsp3) is 0.200. The first kappa shape index (κ1) is 10.6. The summed E-state index contributed by atoms with van der Waals surface area (Å²) in [6, 6.07) is 3.09. The molecule has 0 saturated heterocycles. The topological polar surface area (TPSA) is 50.2 Å². The number of aromatic carboxylic acids is 1. The minimum atomic E-state index is -1.05. The van der Waals surface area contributed by atoms with Crippen molar-refractivity contribution < 1.29 is 9.90 Å². The summed E-state index contributed by atoms with van der Waals surface area (Å²) in [7, 11) is 0. The van der Waals surface area contributed by atoms with Gasteiger partial charge in [-0.1, -0.05) is 11.8 Å². The average Bonchev–Trinajstić information content (AvgIpc) is 2.19. The zero-order valence-corrected chi connectivity index (χ0v) is 8.08. The number of halogens is 1. The van der Waals surface area contributed by atoms with E-state index in [1.807, 2.05) is 0 Å². The van der Waals surface area contributed by atoms with Crippen molar-refractivity contribution in [1.29, 1.82) is 0 Å². The molecular weight excluding hydrogens is 202 g/mol. The molecule has 0 atom stereocenters. The van der Waals surface area contributed by atoms with Gasteiger partial charge in [-0.15, -0.1) is 11.6 Å². The normalized spacial score (nSPS) is 8.93. The summed E-state index contributed by atoms with van der Waals surface area (Å²) >= 11 is 5.44. The van der Waals surface area contributed by atoms with Gasteiger partial charge in [0.25, 0.3) is 0 Å². The molecule has 0 aliphatic heterocycles. The summed E-state index contributed by atoms with van der Waals surface area (Å²) in [6.07, 6.45) is 2.01. The van der Waals surface area contributed by atoms with Gasteiger partial charge < -0.3 is 5.11 Å². The Kier molecular flexibility index (Phi) is 3.96. The number of hydrogen-bond acceptors (Lipinski definition) is 2. The maximum atomic E-state index is 10.6. The summed E-state index contributed by atoms with van der Waals surface area (Å²) in [6.45, 7) is 0. The van der Waals surface area contributed by atoms with Crippen molar-refractivity contribution in [2.24, 2.45) is 0 Å². The van der Waals surface area contributed by atoms with Crippen LogP contribution in [0.15, 0.2) is 18.3 Å². The largest absolute Gasteiger partial charge is 0.477 e. The predicted octanol–water partition coefficient (Wildman–Crippen LogP) is 1.76. The molecule has 0 amide bonds. The summed E-state index contributed by atoms with van der Waals surface area (Å²) in [5.41, 5.74) is 0.644. The highest BCUT2D eigenvalue weighted by Gasteiger charge is 2.02. The molecule has 1 N–H and O–H groups in total. The van der Waals surface area contributed by atoms with Crippen molar-refractivity contribution in [3.63, 3.8) is 0 Å². The molecule has 0 fully saturated rings. The molecule has 72 valence electrons. The lowest BCUT2D eigenvalue weighted by molar-refractivity contribution is 0.0690. The number of aromatic nitrogens is 1. The van der Waals surface area contributed by atoms with E-state index in [1.165, 1.54) is 12.3 Å². The number of rotatable bonds is 2. The van der Waals surface area contributed by atoms with Gasteiger partial charge in [-0.2, -0.15) is 0 Å². The molecule has 1 rings (SSSR count). The molecule has 0 radical (unpaired) electrons. The van der Waals surface area contributed by atoms with Crippen LogP contribution in [0.25, 0.3) is 0 Å². The highest BCUT2D eigenvalue weighted by molar-refractivity contribution is 6.18. The van der Waals surface area contributed by atoms with Crippen molar-refractivity contribution in [3.05, 3.63) is 29.6 Å². The molecule has 3 nitrogen and oxygen atoms in total. The Labute approximate surface area is 86.7 Å². The summed E-state index contributed by atoms with van der Waals surface area (Å²) < 4.78 is 0. The molecule has 0 aliphatic rings. The van der Waals surface area contributed by atoms with E-state index in [1.54, 1.807) is 6.07 Å². The fourth-order valence-electron chi connectivity index (χ4n) is 0.837. The number of carbonyl (C=O) groups is 1. The van der Waals surface area contributed by atoms with Gasteiger partial charge in [0, 0.05) is 24.1 Å². The minimum Gasteiger partial charge on any atom is -0.477 e.